The van der Waals surface area contributed by atoms with Gasteiger partial charge in [0.1, 0.15) is 5.75 Å². The summed E-state index contributed by atoms with van der Waals surface area (Å²) in [5.74, 6) is -0.407. The van der Waals surface area contributed by atoms with Crippen molar-refractivity contribution in [3.63, 3.8) is 0 Å². The van der Waals surface area contributed by atoms with Gasteiger partial charge in [-0.2, -0.15) is 0 Å². The molecular weight excluding hydrogens is 528 g/mol. The average molecular weight is 571 g/mol. The van der Waals surface area contributed by atoms with Crippen LogP contribution in [0.2, 0.25) is 0 Å². The van der Waals surface area contributed by atoms with Gasteiger partial charge in [-0.15, -0.1) is 0 Å². The van der Waals surface area contributed by atoms with Gasteiger partial charge in [-0.05, 0) is 73.4 Å². The highest BCUT2D eigenvalue weighted by Crippen LogP contribution is 2.50. The highest BCUT2D eigenvalue weighted by Gasteiger charge is 2.58. The number of methoxy groups -OCH3 is 1. The minimum atomic E-state index is -0.325. The Morgan fingerprint density at radius 1 is 1.02 bits per heavy atom. The number of aromatic hydroxyl groups is 1. The van der Waals surface area contributed by atoms with Gasteiger partial charge in [-0.3, -0.25) is 19.4 Å². The molecule has 7 heteroatoms. The Morgan fingerprint density at radius 2 is 1.76 bits per heavy atom. The van der Waals surface area contributed by atoms with Gasteiger partial charge < -0.3 is 14.6 Å². The van der Waals surface area contributed by atoms with E-state index < -0.39 is 0 Å². The fraction of sp³-hybridized carbons (Fsp3) is 0.486. The predicted molar refractivity (Wildman–Crippen MR) is 161 cm³/mol. The number of hydrogen-bond donors (Lipinski definition) is 1. The van der Waals surface area contributed by atoms with Crippen LogP contribution < -0.4 is 0 Å². The van der Waals surface area contributed by atoms with E-state index in [0.29, 0.717) is 19.6 Å². The van der Waals surface area contributed by atoms with Crippen molar-refractivity contribution >= 4 is 17.9 Å². The molecule has 7 nitrogen and oxygen atoms in total. The van der Waals surface area contributed by atoms with Crippen molar-refractivity contribution < 1.29 is 24.2 Å². The normalized spacial score (nSPS) is 27.1. The molecule has 1 aliphatic carbocycles. The number of phenolic OH excluding ortho intramolecular Hbond substituents is 1. The lowest BCUT2D eigenvalue weighted by molar-refractivity contribution is -0.144. The first kappa shape index (κ1) is 28.8. The molecule has 4 aliphatic rings. The van der Waals surface area contributed by atoms with Crippen molar-refractivity contribution in [2.75, 3.05) is 33.4 Å². The second kappa shape index (κ2) is 12.5. The highest BCUT2D eigenvalue weighted by atomic mass is 16.5. The van der Waals surface area contributed by atoms with E-state index in [4.69, 9.17) is 9.47 Å². The molecule has 2 aromatic rings. The number of hydrogen-bond acceptors (Lipinski definition) is 6. The number of piperidine rings is 1. The largest absolute Gasteiger partial charge is 0.508 e. The predicted octanol–water partition coefficient (Wildman–Crippen LogP) is 5.20. The van der Waals surface area contributed by atoms with Gasteiger partial charge >= 0.3 is 0 Å². The molecule has 3 saturated heterocycles. The molecule has 6 rings (SSSR count). The van der Waals surface area contributed by atoms with E-state index in [1.807, 2.05) is 18.2 Å². The second-order valence-corrected chi connectivity index (χ2v) is 12.4. The topological polar surface area (TPSA) is 79.3 Å². The Kier molecular flexibility index (Phi) is 8.61. The molecule has 222 valence electrons. The first-order valence-corrected chi connectivity index (χ1v) is 15.3. The van der Waals surface area contributed by atoms with Gasteiger partial charge in [0, 0.05) is 38.7 Å². The van der Waals surface area contributed by atoms with Crippen molar-refractivity contribution in [1.82, 2.24) is 9.80 Å². The summed E-state index contributed by atoms with van der Waals surface area (Å²) in [5, 5.41) is 9.56. The molecule has 42 heavy (non-hydrogen) atoms. The fourth-order valence-electron chi connectivity index (χ4n) is 7.63. The molecule has 2 aromatic carbocycles. The van der Waals surface area contributed by atoms with Gasteiger partial charge in [0.05, 0.1) is 31.2 Å². The van der Waals surface area contributed by atoms with Crippen LogP contribution in [-0.2, 0) is 25.6 Å². The third-order valence-corrected chi connectivity index (χ3v) is 9.64. The van der Waals surface area contributed by atoms with E-state index in [1.54, 1.807) is 24.1 Å². The molecule has 0 bridgehead atoms. The maximum absolute atomic E-state index is 14.0. The molecule has 0 unspecified atom stereocenters. The Balaban J connectivity index is 1.13. The number of carbonyl (C=O) groups is 2. The maximum Gasteiger partial charge on any atom is 0.234 e. The number of fused-ring (bicyclic) bond motifs is 3. The summed E-state index contributed by atoms with van der Waals surface area (Å²) >= 11 is 0. The van der Waals surface area contributed by atoms with Crippen molar-refractivity contribution in [3.05, 3.63) is 82.4 Å². The van der Waals surface area contributed by atoms with Crippen molar-refractivity contribution in [2.24, 2.45) is 17.8 Å². The SMILES string of the molecule is COCC1=C2[C@@H](CC/C(C)=C/c3ccc(O)cc3)OC[C@@H]2[C@@H]2C(=O)N(C3CCN(Cc4ccccc4)CC3)C(=O)[C@@H]2C1. The van der Waals surface area contributed by atoms with Crippen molar-refractivity contribution in [2.45, 2.75) is 57.7 Å². The number of carbonyl (C=O) groups excluding carboxylic acids is 2. The van der Waals surface area contributed by atoms with Crippen LogP contribution >= 0.6 is 0 Å². The number of imide groups is 1. The van der Waals surface area contributed by atoms with E-state index in [2.05, 4.69) is 42.2 Å². The Morgan fingerprint density at radius 3 is 2.48 bits per heavy atom. The maximum atomic E-state index is 14.0. The summed E-state index contributed by atoms with van der Waals surface area (Å²) < 4.78 is 12.0. The summed E-state index contributed by atoms with van der Waals surface area (Å²) in [5.41, 5.74) is 5.92. The lowest BCUT2D eigenvalue weighted by Gasteiger charge is -2.36. The number of ether oxygens (including phenoxy) is 2. The van der Waals surface area contributed by atoms with Crippen molar-refractivity contribution in [3.8, 4) is 5.75 Å². The van der Waals surface area contributed by atoms with E-state index >= 15 is 0 Å². The van der Waals surface area contributed by atoms with Crippen LogP contribution in [0.15, 0.2) is 71.3 Å². The number of benzene rings is 2. The monoisotopic (exact) mass is 570 g/mol. The zero-order valence-electron chi connectivity index (χ0n) is 24.7. The summed E-state index contributed by atoms with van der Waals surface area (Å²) in [6, 6.07) is 17.6. The molecule has 0 aromatic heterocycles. The molecule has 1 N–H and O–H groups in total. The standard InChI is InChI=1S/C35H42N2O5/c1-23(18-24-9-11-28(38)12-10-24)8-13-31-32-26(21-41-2)19-29-33(30(32)22-42-31)35(40)37(34(29)39)27-14-16-36(17-15-27)20-25-6-4-3-5-7-25/h3-7,9-12,18,27,29-31,33,38H,8,13-17,19-22H2,1-2H3/b23-18+/t29-,30+,31-,33-/m1/s1. The van der Waals surface area contributed by atoms with E-state index in [1.165, 1.54) is 16.7 Å². The first-order chi connectivity index (χ1) is 20.4. The van der Waals surface area contributed by atoms with Gasteiger partial charge in [0.15, 0.2) is 0 Å². The average Bonchev–Trinajstić information content (AvgIpc) is 3.53. The summed E-state index contributed by atoms with van der Waals surface area (Å²) in [6.07, 6.45) is 5.98. The zero-order chi connectivity index (χ0) is 29.2. The first-order valence-electron chi connectivity index (χ1n) is 15.3. The second-order valence-electron chi connectivity index (χ2n) is 12.4. The van der Waals surface area contributed by atoms with Crippen LogP contribution in [0.1, 0.15) is 50.2 Å². The van der Waals surface area contributed by atoms with Gasteiger partial charge in [0.25, 0.3) is 0 Å². The van der Waals surface area contributed by atoms with Crippen LogP contribution in [0, 0.1) is 17.8 Å². The lowest BCUT2D eigenvalue weighted by Crippen LogP contribution is -2.47. The molecule has 0 spiro atoms. The van der Waals surface area contributed by atoms with Gasteiger partial charge in [0.2, 0.25) is 11.8 Å². The lowest BCUT2D eigenvalue weighted by atomic mass is 9.69. The fourth-order valence-corrected chi connectivity index (χ4v) is 7.63. The third kappa shape index (κ3) is 5.83. The van der Waals surface area contributed by atoms with Crippen LogP contribution in [-0.4, -0.2) is 72.3 Å². The third-order valence-electron chi connectivity index (χ3n) is 9.64. The molecular formula is C35H42N2O5. The zero-order valence-corrected chi connectivity index (χ0v) is 24.7. The van der Waals surface area contributed by atoms with E-state index in [9.17, 15) is 14.7 Å². The Hall–Kier alpha value is -3.26. The minimum Gasteiger partial charge on any atom is -0.508 e. The van der Waals surface area contributed by atoms with Crippen LogP contribution in [0.5, 0.6) is 5.75 Å². The quantitative estimate of drug-likeness (QED) is 0.330. The Labute approximate surface area is 248 Å². The molecule has 0 radical (unpaired) electrons. The molecule has 3 aliphatic heterocycles. The number of phenols is 1. The number of allylic oxidation sites excluding steroid dienone is 1. The molecule has 2 amide bonds. The molecule has 0 saturated carbocycles. The highest BCUT2D eigenvalue weighted by molar-refractivity contribution is 6.06. The molecule has 3 fully saturated rings. The molecule has 3 heterocycles. The number of likely N-dealkylation sites (tertiary alicyclic amines) is 2. The summed E-state index contributed by atoms with van der Waals surface area (Å²) in [6.45, 7) is 5.74. The van der Waals surface area contributed by atoms with Crippen LogP contribution in [0.4, 0.5) is 0 Å². The summed E-state index contributed by atoms with van der Waals surface area (Å²) in [7, 11) is 1.70. The van der Waals surface area contributed by atoms with Crippen LogP contribution in [0.3, 0.4) is 0 Å². The minimum absolute atomic E-state index is 0.00953. The number of amides is 2. The van der Waals surface area contributed by atoms with Crippen molar-refractivity contribution in [1.29, 1.82) is 0 Å². The van der Waals surface area contributed by atoms with E-state index in [-0.39, 0.29) is 47.5 Å². The summed E-state index contributed by atoms with van der Waals surface area (Å²) in [4.78, 5) is 31.9. The Bertz CT molecular complexity index is 1340. The van der Waals surface area contributed by atoms with Gasteiger partial charge in [-0.25, -0.2) is 0 Å². The number of rotatable bonds is 9. The van der Waals surface area contributed by atoms with Gasteiger partial charge in [-0.1, -0.05) is 54.1 Å². The molecule has 4 atom stereocenters. The number of nitrogens with zero attached hydrogens (tertiary/aromatic N) is 2. The van der Waals surface area contributed by atoms with E-state index in [0.717, 1.165) is 56.5 Å². The van der Waals surface area contributed by atoms with Crippen LogP contribution in [0.25, 0.3) is 6.08 Å². The smallest absolute Gasteiger partial charge is 0.234 e.